The predicted octanol–water partition coefficient (Wildman–Crippen LogP) is 3.90. The maximum absolute atomic E-state index is 13.3. The van der Waals surface area contributed by atoms with Crippen LogP contribution >= 0.6 is 0 Å². The van der Waals surface area contributed by atoms with Crippen LogP contribution < -0.4 is 0 Å². The fourth-order valence-corrected chi connectivity index (χ4v) is 2.29. The zero-order valence-electron chi connectivity index (χ0n) is 11.3. The van der Waals surface area contributed by atoms with Gasteiger partial charge in [0.2, 0.25) is 0 Å². The number of pyridine rings is 1. The molecule has 0 amide bonds. The van der Waals surface area contributed by atoms with Gasteiger partial charge in [0, 0.05) is 11.1 Å². The van der Waals surface area contributed by atoms with Gasteiger partial charge in [-0.2, -0.15) is 0 Å². The molecule has 2 aromatic carbocycles. The molecule has 1 atom stereocenters. The summed E-state index contributed by atoms with van der Waals surface area (Å²) >= 11 is 0. The number of aryl methyl sites for hydroxylation is 1. The van der Waals surface area contributed by atoms with Crippen molar-refractivity contribution >= 4 is 10.9 Å². The molecule has 0 spiro atoms. The first-order valence-electron chi connectivity index (χ1n) is 6.55. The summed E-state index contributed by atoms with van der Waals surface area (Å²) in [5, 5.41) is 11.2. The normalized spacial score (nSPS) is 12.6. The highest BCUT2D eigenvalue weighted by atomic mass is 19.2. The van der Waals surface area contributed by atoms with Crippen LogP contribution in [0.1, 0.15) is 22.9 Å². The molecule has 0 aliphatic heterocycles. The number of halogens is 2. The molecule has 2 nitrogen and oxygen atoms in total. The Hall–Kier alpha value is -2.33. The van der Waals surface area contributed by atoms with Crippen LogP contribution in [0.3, 0.4) is 0 Å². The lowest BCUT2D eigenvalue weighted by molar-refractivity contribution is 0.219. The Labute approximate surface area is 120 Å². The molecule has 3 aromatic rings. The molecule has 3 rings (SSSR count). The third-order valence-electron chi connectivity index (χ3n) is 3.43. The zero-order valence-corrected chi connectivity index (χ0v) is 11.3. The van der Waals surface area contributed by atoms with Gasteiger partial charge in [0.05, 0.1) is 5.52 Å². The number of fused-ring (bicyclic) bond motifs is 1. The van der Waals surface area contributed by atoms with Crippen molar-refractivity contribution in [2.24, 2.45) is 0 Å². The lowest BCUT2D eigenvalue weighted by Crippen LogP contribution is -2.01. The second-order valence-electron chi connectivity index (χ2n) is 4.98. The molecule has 0 saturated heterocycles. The fraction of sp³-hybridized carbons (Fsp3) is 0.118. The van der Waals surface area contributed by atoms with Crippen molar-refractivity contribution in [2.75, 3.05) is 0 Å². The second-order valence-corrected chi connectivity index (χ2v) is 4.98. The molecule has 0 radical (unpaired) electrons. The lowest BCUT2D eigenvalue weighted by atomic mass is 9.99. The predicted molar refractivity (Wildman–Crippen MR) is 76.9 cm³/mol. The topological polar surface area (TPSA) is 33.1 Å². The molecule has 1 N–H and O–H groups in total. The van der Waals surface area contributed by atoms with Crippen molar-refractivity contribution in [1.82, 2.24) is 4.98 Å². The zero-order chi connectivity index (χ0) is 15.0. The molecule has 0 aliphatic rings. The molecular formula is C17H13F2NO. The summed E-state index contributed by atoms with van der Waals surface area (Å²) in [6, 6.07) is 12.5. The van der Waals surface area contributed by atoms with E-state index in [0.29, 0.717) is 11.1 Å². The largest absolute Gasteiger partial charge is 0.384 e. The number of aliphatic hydroxyl groups is 1. The van der Waals surface area contributed by atoms with E-state index in [0.717, 1.165) is 28.7 Å². The minimum absolute atomic E-state index is 0.313. The Morgan fingerprint density at radius 2 is 1.62 bits per heavy atom. The first-order valence-corrected chi connectivity index (χ1v) is 6.55. The smallest absolute Gasteiger partial charge is 0.159 e. The first-order chi connectivity index (χ1) is 10.0. The van der Waals surface area contributed by atoms with Crippen molar-refractivity contribution in [3.63, 3.8) is 0 Å². The van der Waals surface area contributed by atoms with Gasteiger partial charge in [-0.25, -0.2) is 8.78 Å². The van der Waals surface area contributed by atoms with Gasteiger partial charge < -0.3 is 5.11 Å². The van der Waals surface area contributed by atoms with Gasteiger partial charge in [-0.1, -0.05) is 18.2 Å². The van der Waals surface area contributed by atoms with E-state index >= 15 is 0 Å². The number of benzene rings is 2. The van der Waals surface area contributed by atoms with E-state index in [9.17, 15) is 13.9 Å². The van der Waals surface area contributed by atoms with Crippen LogP contribution in [-0.4, -0.2) is 10.1 Å². The van der Waals surface area contributed by atoms with Crippen LogP contribution in [-0.2, 0) is 0 Å². The second kappa shape index (κ2) is 5.22. The number of nitrogens with zero attached hydrogens (tertiary/aromatic N) is 1. The summed E-state index contributed by atoms with van der Waals surface area (Å²) < 4.78 is 26.2. The maximum Gasteiger partial charge on any atom is 0.159 e. The van der Waals surface area contributed by atoms with Gasteiger partial charge in [0.15, 0.2) is 11.6 Å². The van der Waals surface area contributed by atoms with Gasteiger partial charge in [0.25, 0.3) is 0 Å². The van der Waals surface area contributed by atoms with E-state index in [2.05, 4.69) is 4.98 Å². The van der Waals surface area contributed by atoms with Crippen LogP contribution in [0.2, 0.25) is 0 Å². The lowest BCUT2D eigenvalue weighted by Gasteiger charge is -2.12. The Bertz CT molecular complexity index is 817. The van der Waals surface area contributed by atoms with Gasteiger partial charge in [-0.15, -0.1) is 0 Å². The third-order valence-corrected chi connectivity index (χ3v) is 3.43. The average molecular weight is 285 g/mol. The minimum Gasteiger partial charge on any atom is -0.384 e. The van der Waals surface area contributed by atoms with Crippen LogP contribution in [0.25, 0.3) is 10.9 Å². The van der Waals surface area contributed by atoms with Crippen LogP contribution in [0.15, 0.2) is 48.5 Å². The quantitative estimate of drug-likeness (QED) is 0.774. The number of hydrogen-bond acceptors (Lipinski definition) is 2. The summed E-state index contributed by atoms with van der Waals surface area (Å²) in [4.78, 5) is 4.38. The summed E-state index contributed by atoms with van der Waals surface area (Å²) in [6.45, 7) is 1.91. The number of aliphatic hydroxyl groups excluding tert-OH is 1. The van der Waals surface area contributed by atoms with Gasteiger partial charge in [0.1, 0.15) is 6.10 Å². The van der Waals surface area contributed by atoms with Crippen molar-refractivity contribution < 1.29 is 13.9 Å². The summed E-state index contributed by atoms with van der Waals surface area (Å²) in [7, 11) is 0. The molecule has 4 heteroatoms. The number of hydrogen-bond donors (Lipinski definition) is 1. The molecule has 1 heterocycles. The van der Waals surface area contributed by atoms with Crippen LogP contribution in [0.4, 0.5) is 8.78 Å². The Balaban J connectivity index is 2.02. The molecule has 106 valence electrons. The van der Waals surface area contributed by atoms with Gasteiger partial charge >= 0.3 is 0 Å². The Morgan fingerprint density at radius 1 is 0.905 bits per heavy atom. The van der Waals surface area contributed by atoms with Gasteiger partial charge in [-0.3, -0.25) is 4.98 Å². The van der Waals surface area contributed by atoms with E-state index in [1.807, 2.05) is 19.1 Å². The minimum atomic E-state index is -1.01. The van der Waals surface area contributed by atoms with E-state index < -0.39 is 17.7 Å². The third kappa shape index (κ3) is 2.62. The first kappa shape index (κ1) is 13.6. The van der Waals surface area contributed by atoms with Crippen LogP contribution in [0, 0.1) is 18.6 Å². The molecule has 0 fully saturated rings. The molecule has 1 unspecified atom stereocenters. The highest BCUT2D eigenvalue weighted by Crippen LogP contribution is 2.26. The average Bonchev–Trinajstić information content (AvgIpc) is 2.49. The monoisotopic (exact) mass is 285 g/mol. The Morgan fingerprint density at radius 3 is 2.38 bits per heavy atom. The molecule has 0 aliphatic carbocycles. The Kier molecular flexibility index (Phi) is 3.39. The van der Waals surface area contributed by atoms with Crippen molar-refractivity contribution in [3.8, 4) is 0 Å². The molecule has 1 aromatic heterocycles. The highest BCUT2D eigenvalue weighted by molar-refractivity contribution is 5.79. The summed E-state index contributed by atoms with van der Waals surface area (Å²) in [5.41, 5.74) is 2.67. The van der Waals surface area contributed by atoms with E-state index in [1.54, 1.807) is 18.2 Å². The van der Waals surface area contributed by atoms with E-state index in [1.165, 1.54) is 6.07 Å². The van der Waals surface area contributed by atoms with Crippen molar-refractivity contribution in [3.05, 3.63) is 77.0 Å². The van der Waals surface area contributed by atoms with E-state index in [-0.39, 0.29) is 0 Å². The summed E-state index contributed by atoms with van der Waals surface area (Å²) in [6.07, 6.45) is -1.01. The highest BCUT2D eigenvalue weighted by Gasteiger charge is 2.13. The SMILES string of the molecule is Cc1ccc2cc(C(O)c3ccc(F)c(F)c3)ccc2n1. The molecular weight excluding hydrogens is 272 g/mol. The van der Waals surface area contributed by atoms with Gasteiger partial charge in [-0.05, 0) is 48.4 Å². The van der Waals surface area contributed by atoms with Crippen molar-refractivity contribution in [1.29, 1.82) is 0 Å². The standard InChI is InChI=1S/C17H13F2NO/c1-10-2-3-11-8-12(5-7-16(11)20-10)17(21)13-4-6-14(18)15(19)9-13/h2-9,17,21H,1H3. The van der Waals surface area contributed by atoms with Crippen LogP contribution in [0.5, 0.6) is 0 Å². The molecule has 0 saturated carbocycles. The van der Waals surface area contributed by atoms with E-state index in [4.69, 9.17) is 0 Å². The number of rotatable bonds is 2. The summed E-state index contributed by atoms with van der Waals surface area (Å²) in [5.74, 6) is -1.89. The fourth-order valence-electron chi connectivity index (χ4n) is 2.29. The molecule has 0 bridgehead atoms. The molecule has 21 heavy (non-hydrogen) atoms. The maximum atomic E-state index is 13.3. The van der Waals surface area contributed by atoms with Crippen molar-refractivity contribution in [2.45, 2.75) is 13.0 Å². The number of aromatic nitrogens is 1.